The summed E-state index contributed by atoms with van der Waals surface area (Å²) in [6.45, 7) is 7.30. The van der Waals surface area contributed by atoms with Crippen LogP contribution in [-0.4, -0.2) is 35.5 Å². The van der Waals surface area contributed by atoms with E-state index in [0.29, 0.717) is 25.0 Å². The van der Waals surface area contributed by atoms with Crippen LogP contribution in [0.1, 0.15) is 27.2 Å². The van der Waals surface area contributed by atoms with Gasteiger partial charge in [0.25, 0.3) is 0 Å². The van der Waals surface area contributed by atoms with E-state index in [9.17, 15) is 9.18 Å². The van der Waals surface area contributed by atoms with Gasteiger partial charge in [0.2, 0.25) is 11.9 Å². The second-order valence-electron chi connectivity index (χ2n) is 4.87. The molecule has 0 aliphatic heterocycles. The Kier molecular flexibility index (Phi) is 6.69. The number of hydrogen-bond donors (Lipinski definition) is 3. The molecule has 1 amide bonds. The van der Waals surface area contributed by atoms with Crippen molar-refractivity contribution in [1.82, 2.24) is 15.3 Å². The summed E-state index contributed by atoms with van der Waals surface area (Å²) in [6.07, 6.45) is 2.00. The van der Waals surface area contributed by atoms with Gasteiger partial charge in [-0.25, -0.2) is 9.37 Å². The third-order valence-electron chi connectivity index (χ3n) is 2.40. The zero-order valence-corrected chi connectivity index (χ0v) is 12.2. The number of anilines is 2. The maximum atomic E-state index is 13.5. The first-order valence-electron chi connectivity index (χ1n) is 6.80. The molecule has 1 aromatic rings. The lowest BCUT2D eigenvalue weighted by molar-refractivity contribution is -0.119. The Morgan fingerprint density at radius 3 is 2.80 bits per heavy atom. The van der Waals surface area contributed by atoms with Gasteiger partial charge in [-0.05, 0) is 12.3 Å². The molecule has 0 atom stereocenters. The maximum Gasteiger partial charge on any atom is 0.239 e. The summed E-state index contributed by atoms with van der Waals surface area (Å²) < 4.78 is 13.5. The first-order chi connectivity index (χ1) is 9.52. The highest BCUT2D eigenvalue weighted by Gasteiger charge is 2.08. The number of rotatable bonds is 8. The zero-order valence-electron chi connectivity index (χ0n) is 12.2. The number of nitrogens with one attached hydrogen (secondary N) is 3. The number of nitrogens with zero attached hydrogens (tertiary/aromatic N) is 2. The third kappa shape index (κ3) is 5.81. The van der Waals surface area contributed by atoms with Crippen LogP contribution >= 0.6 is 0 Å². The van der Waals surface area contributed by atoms with Gasteiger partial charge < -0.3 is 16.0 Å². The molecule has 6 nitrogen and oxygen atoms in total. The second-order valence-corrected chi connectivity index (χ2v) is 4.87. The minimum atomic E-state index is -0.580. The Balaban J connectivity index is 2.51. The summed E-state index contributed by atoms with van der Waals surface area (Å²) in [5, 5.41) is 8.37. The van der Waals surface area contributed by atoms with Crippen LogP contribution in [0.4, 0.5) is 16.2 Å². The van der Waals surface area contributed by atoms with Gasteiger partial charge in [-0.2, -0.15) is 4.98 Å². The molecule has 7 heteroatoms. The molecule has 0 fully saturated rings. The molecule has 0 aliphatic rings. The van der Waals surface area contributed by atoms with Crippen LogP contribution < -0.4 is 16.0 Å². The number of carbonyl (C=O) groups excluding carboxylic acids is 1. The van der Waals surface area contributed by atoms with Crippen LogP contribution in [0.25, 0.3) is 0 Å². The van der Waals surface area contributed by atoms with E-state index in [1.807, 2.05) is 20.8 Å². The molecule has 0 saturated heterocycles. The van der Waals surface area contributed by atoms with E-state index in [-0.39, 0.29) is 18.3 Å². The molecule has 0 radical (unpaired) electrons. The van der Waals surface area contributed by atoms with Crippen LogP contribution in [0.15, 0.2) is 6.20 Å². The quantitative estimate of drug-likeness (QED) is 0.675. The third-order valence-corrected chi connectivity index (χ3v) is 2.40. The SMILES string of the molecule is CCCNc1ncc(F)c(NCC(=O)NCC(C)C)n1. The van der Waals surface area contributed by atoms with Crippen molar-refractivity contribution in [2.45, 2.75) is 27.2 Å². The molecule has 0 bridgehead atoms. The number of halogens is 1. The summed E-state index contributed by atoms with van der Waals surface area (Å²) in [6, 6.07) is 0. The van der Waals surface area contributed by atoms with E-state index in [4.69, 9.17) is 0 Å². The molecule has 3 N–H and O–H groups in total. The van der Waals surface area contributed by atoms with Gasteiger partial charge in [0.05, 0.1) is 12.7 Å². The molecule has 0 unspecified atom stereocenters. The molecule has 112 valence electrons. The second kappa shape index (κ2) is 8.29. The van der Waals surface area contributed by atoms with Crippen molar-refractivity contribution < 1.29 is 9.18 Å². The molecule has 0 spiro atoms. The van der Waals surface area contributed by atoms with Crippen molar-refractivity contribution in [2.24, 2.45) is 5.92 Å². The zero-order chi connectivity index (χ0) is 15.0. The summed E-state index contributed by atoms with van der Waals surface area (Å²) in [7, 11) is 0. The highest BCUT2D eigenvalue weighted by atomic mass is 19.1. The standard InChI is InChI=1S/C13H22FN5O/c1-4-5-15-13-18-7-10(14)12(19-13)17-8-11(20)16-6-9(2)3/h7,9H,4-6,8H2,1-3H3,(H,16,20)(H2,15,17,18,19). The monoisotopic (exact) mass is 283 g/mol. The van der Waals surface area contributed by atoms with Crippen molar-refractivity contribution in [1.29, 1.82) is 0 Å². The predicted octanol–water partition coefficient (Wildman–Crippen LogP) is 1.62. The fraction of sp³-hybridized carbons (Fsp3) is 0.615. The fourth-order valence-electron chi connectivity index (χ4n) is 1.36. The number of aromatic nitrogens is 2. The van der Waals surface area contributed by atoms with Gasteiger partial charge in [0.15, 0.2) is 11.6 Å². The van der Waals surface area contributed by atoms with Crippen LogP contribution in [0.5, 0.6) is 0 Å². The first kappa shape index (κ1) is 16.1. The first-order valence-corrected chi connectivity index (χ1v) is 6.80. The van der Waals surface area contributed by atoms with E-state index in [2.05, 4.69) is 25.9 Å². The topological polar surface area (TPSA) is 78.9 Å². The fourth-order valence-corrected chi connectivity index (χ4v) is 1.36. The number of amides is 1. The average Bonchev–Trinajstić information content (AvgIpc) is 2.42. The van der Waals surface area contributed by atoms with Gasteiger partial charge in [-0.1, -0.05) is 20.8 Å². The van der Waals surface area contributed by atoms with E-state index in [1.165, 1.54) is 0 Å². The van der Waals surface area contributed by atoms with Crippen LogP contribution in [0.3, 0.4) is 0 Å². The molecular weight excluding hydrogens is 261 g/mol. The molecular formula is C13H22FN5O. The average molecular weight is 283 g/mol. The van der Waals surface area contributed by atoms with Crippen molar-refractivity contribution in [3.63, 3.8) is 0 Å². The van der Waals surface area contributed by atoms with Crippen molar-refractivity contribution in [3.05, 3.63) is 12.0 Å². The van der Waals surface area contributed by atoms with E-state index in [0.717, 1.165) is 12.6 Å². The highest BCUT2D eigenvalue weighted by molar-refractivity contribution is 5.80. The van der Waals surface area contributed by atoms with Gasteiger partial charge in [0, 0.05) is 13.1 Å². The minimum Gasteiger partial charge on any atom is -0.358 e. The van der Waals surface area contributed by atoms with Gasteiger partial charge in [0.1, 0.15) is 0 Å². The Morgan fingerprint density at radius 1 is 1.40 bits per heavy atom. The smallest absolute Gasteiger partial charge is 0.239 e. The maximum absolute atomic E-state index is 13.5. The largest absolute Gasteiger partial charge is 0.358 e. The molecule has 0 saturated carbocycles. The van der Waals surface area contributed by atoms with E-state index < -0.39 is 5.82 Å². The Morgan fingerprint density at radius 2 is 2.15 bits per heavy atom. The molecule has 20 heavy (non-hydrogen) atoms. The van der Waals surface area contributed by atoms with E-state index in [1.54, 1.807) is 0 Å². The van der Waals surface area contributed by atoms with Gasteiger partial charge >= 0.3 is 0 Å². The summed E-state index contributed by atoms with van der Waals surface area (Å²) in [5.74, 6) is -0.0280. The van der Waals surface area contributed by atoms with E-state index >= 15 is 0 Å². The molecule has 0 aliphatic carbocycles. The lowest BCUT2D eigenvalue weighted by atomic mass is 10.2. The van der Waals surface area contributed by atoms with Crippen LogP contribution in [-0.2, 0) is 4.79 Å². The molecule has 1 rings (SSSR count). The molecule has 0 aromatic carbocycles. The van der Waals surface area contributed by atoms with Crippen molar-refractivity contribution >= 4 is 17.7 Å². The lowest BCUT2D eigenvalue weighted by Gasteiger charge is -2.10. The summed E-state index contributed by atoms with van der Waals surface area (Å²) in [4.78, 5) is 19.3. The lowest BCUT2D eigenvalue weighted by Crippen LogP contribution is -2.32. The summed E-state index contributed by atoms with van der Waals surface area (Å²) in [5.41, 5.74) is 0. The van der Waals surface area contributed by atoms with Crippen molar-refractivity contribution in [3.8, 4) is 0 Å². The number of carbonyl (C=O) groups is 1. The minimum absolute atomic E-state index is 0.0200. The van der Waals surface area contributed by atoms with Crippen LogP contribution in [0.2, 0.25) is 0 Å². The Hall–Kier alpha value is -1.92. The Labute approximate surface area is 118 Å². The normalized spacial score (nSPS) is 10.4. The molecule has 1 aromatic heterocycles. The molecule has 1 heterocycles. The van der Waals surface area contributed by atoms with Gasteiger partial charge in [-0.3, -0.25) is 4.79 Å². The predicted molar refractivity (Wildman–Crippen MR) is 77.1 cm³/mol. The van der Waals surface area contributed by atoms with Crippen LogP contribution in [0, 0.1) is 11.7 Å². The number of hydrogen-bond acceptors (Lipinski definition) is 5. The summed E-state index contributed by atoms with van der Waals surface area (Å²) >= 11 is 0. The highest BCUT2D eigenvalue weighted by Crippen LogP contribution is 2.11. The van der Waals surface area contributed by atoms with Gasteiger partial charge in [-0.15, -0.1) is 0 Å². The Bertz CT molecular complexity index is 439. The van der Waals surface area contributed by atoms with Crippen molar-refractivity contribution in [2.75, 3.05) is 30.3 Å².